The van der Waals surface area contributed by atoms with E-state index in [1.165, 1.54) is 13.8 Å². The Kier molecular flexibility index (Phi) is 4.48. The molecule has 4 heteroatoms. The number of aliphatic hydroxyl groups excluding tert-OH is 1. The molecule has 0 fully saturated rings. The number of aliphatic hydroxyl groups is 2. The van der Waals surface area contributed by atoms with Crippen molar-refractivity contribution in [2.75, 3.05) is 13.2 Å². The number of carbonyl (C=O) groups is 1. The van der Waals surface area contributed by atoms with Gasteiger partial charge in [0, 0.05) is 5.56 Å². The topological polar surface area (TPSA) is 66.8 Å². The van der Waals surface area contributed by atoms with Crippen LogP contribution in [0.5, 0.6) is 5.75 Å². The molecule has 0 saturated heterocycles. The van der Waals surface area contributed by atoms with Crippen molar-refractivity contribution in [3.63, 3.8) is 0 Å². The average molecular weight is 252 g/mol. The minimum absolute atomic E-state index is 0.0523. The number of ketones is 1. The molecule has 1 rings (SSSR count). The fourth-order valence-electron chi connectivity index (χ4n) is 1.81. The first kappa shape index (κ1) is 14.7. The first-order valence-electron chi connectivity index (χ1n) is 5.89. The van der Waals surface area contributed by atoms with Crippen molar-refractivity contribution in [1.29, 1.82) is 0 Å². The minimum atomic E-state index is -1.38. The molecule has 2 N–H and O–H groups in total. The van der Waals surface area contributed by atoms with E-state index in [1.54, 1.807) is 12.1 Å². The van der Waals surface area contributed by atoms with Crippen LogP contribution in [0.2, 0.25) is 0 Å². The Morgan fingerprint density at radius 1 is 1.28 bits per heavy atom. The molecule has 1 aromatic rings. The highest BCUT2D eigenvalue weighted by Crippen LogP contribution is 2.26. The fraction of sp³-hybridized carbons (Fsp3) is 0.500. The molecule has 0 radical (unpaired) electrons. The highest BCUT2D eigenvalue weighted by atomic mass is 16.5. The van der Waals surface area contributed by atoms with E-state index < -0.39 is 5.60 Å². The van der Waals surface area contributed by atoms with Gasteiger partial charge in [-0.2, -0.15) is 0 Å². The third-order valence-corrected chi connectivity index (χ3v) is 2.62. The number of rotatable bonds is 5. The molecule has 1 aromatic carbocycles. The van der Waals surface area contributed by atoms with Gasteiger partial charge in [-0.15, -0.1) is 0 Å². The van der Waals surface area contributed by atoms with Crippen LogP contribution >= 0.6 is 0 Å². The Hall–Kier alpha value is -1.39. The predicted molar refractivity (Wildman–Crippen MR) is 69.1 cm³/mol. The summed E-state index contributed by atoms with van der Waals surface area (Å²) in [7, 11) is 0. The fourth-order valence-corrected chi connectivity index (χ4v) is 1.81. The Balaban J connectivity index is 3.10. The normalized spacial score (nSPS) is 11.4. The third kappa shape index (κ3) is 3.31. The molecule has 0 aliphatic rings. The lowest BCUT2D eigenvalue weighted by Gasteiger charge is -2.18. The first-order chi connectivity index (χ1) is 8.27. The zero-order valence-electron chi connectivity index (χ0n) is 11.3. The molecule has 100 valence electrons. The Morgan fingerprint density at radius 2 is 1.78 bits per heavy atom. The monoisotopic (exact) mass is 252 g/mol. The summed E-state index contributed by atoms with van der Waals surface area (Å²) in [4.78, 5) is 12.0. The zero-order valence-corrected chi connectivity index (χ0v) is 11.3. The van der Waals surface area contributed by atoms with E-state index in [2.05, 4.69) is 0 Å². The quantitative estimate of drug-likeness (QED) is 0.782. The van der Waals surface area contributed by atoms with Crippen molar-refractivity contribution in [2.45, 2.75) is 33.3 Å². The second-order valence-electron chi connectivity index (χ2n) is 4.90. The minimum Gasteiger partial charge on any atom is -0.491 e. The summed E-state index contributed by atoms with van der Waals surface area (Å²) in [6.07, 6.45) is 0. The van der Waals surface area contributed by atoms with Crippen molar-refractivity contribution < 1.29 is 19.7 Å². The number of hydrogen-bond donors (Lipinski definition) is 2. The Labute approximate surface area is 107 Å². The van der Waals surface area contributed by atoms with Gasteiger partial charge in [-0.3, -0.25) is 4.79 Å². The zero-order chi connectivity index (χ0) is 13.9. The number of hydrogen-bond acceptors (Lipinski definition) is 4. The van der Waals surface area contributed by atoms with Crippen LogP contribution < -0.4 is 4.74 Å². The molecular weight excluding hydrogens is 232 g/mol. The summed E-state index contributed by atoms with van der Waals surface area (Å²) < 4.78 is 5.41. The van der Waals surface area contributed by atoms with E-state index in [4.69, 9.17) is 9.84 Å². The number of Topliss-reactive ketones (excluding diaryl/α,β-unsaturated/α-hetero) is 1. The second-order valence-corrected chi connectivity index (χ2v) is 4.90. The molecule has 0 atom stereocenters. The molecule has 0 amide bonds. The summed E-state index contributed by atoms with van der Waals surface area (Å²) >= 11 is 0. The van der Waals surface area contributed by atoms with Crippen molar-refractivity contribution in [2.24, 2.45) is 0 Å². The van der Waals surface area contributed by atoms with Crippen LogP contribution in [-0.2, 0) is 0 Å². The van der Waals surface area contributed by atoms with Gasteiger partial charge < -0.3 is 14.9 Å². The average Bonchev–Trinajstić information content (AvgIpc) is 2.25. The van der Waals surface area contributed by atoms with Crippen molar-refractivity contribution in [1.82, 2.24) is 0 Å². The number of carbonyl (C=O) groups excluding carboxylic acids is 1. The summed E-state index contributed by atoms with van der Waals surface area (Å²) in [6, 6.07) is 3.39. The van der Waals surface area contributed by atoms with Crippen LogP contribution in [0, 0.1) is 13.8 Å². The standard InChI is InChI=1S/C14H20O4/c1-9-7-11(13(16)14(3,4)17)8-10(2)12(9)18-6-5-15/h7-8,15,17H,5-6H2,1-4H3. The molecule has 0 heterocycles. The molecule has 0 aliphatic heterocycles. The molecule has 4 nitrogen and oxygen atoms in total. The van der Waals surface area contributed by atoms with Gasteiger partial charge in [-0.25, -0.2) is 0 Å². The molecular formula is C14H20O4. The van der Waals surface area contributed by atoms with Gasteiger partial charge >= 0.3 is 0 Å². The van der Waals surface area contributed by atoms with Gasteiger partial charge in [-0.1, -0.05) is 0 Å². The van der Waals surface area contributed by atoms with Crippen LogP contribution in [0.3, 0.4) is 0 Å². The number of ether oxygens (including phenoxy) is 1. The van der Waals surface area contributed by atoms with E-state index >= 15 is 0 Å². The molecule has 0 aromatic heterocycles. The maximum atomic E-state index is 12.0. The lowest BCUT2D eigenvalue weighted by Crippen LogP contribution is -2.31. The first-order valence-corrected chi connectivity index (χ1v) is 5.89. The SMILES string of the molecule is Cc1cc(C(=O)C(C)(C)O)cc(C)c1OCCO. The van der Waals surface area contributed by atoms with Crippen LogP contribution in [0.25, 0.3) is 0 Å². The van der Waals surface area contributed by atoms with Crippen LogP contribution in [0.15, 0.2) is 12.1 Å². The van der Waals surface area contributed by atoms with E-state index in [0.29, 0.717) is 11.3 Å². The van der Waals surface area contributed by atoms with Crippen LogP contribution in [0.1, 0.15) is 35.3 Å². The van der Waals surface area contributed by atoms with E-state index in [9.17, 15) is 9.90 Å². The molecule has 0 bridgehead atoms. The van der Waals surface area contributed by atoms with Crippen LogP contribution in [0.4, 0.5) is 0 Å². The van der Waals surface area contributed by atoms with Gasteiger partial charge in [0.1, 0.15) is 18.0 Å². The van der Waals surface area contributed by atoms with Gasteiger partial charge in [0.2, 0.25) is 0 Å². The molecule has 0 spiro atoms. The van der Waals surface area contributed by atoms with Gasteiger partial charge in [-0.05, 0) is 51.0 Å². The van der Waals surface area contributed by atoms with Gasteiger partial charge in [0.05, 0.1) is 6.61 Å². The van der Waals surface area contributed by atoms with E-state index in [1.807, 2.05) is 13.8 Å². The Morgan fingerprint density at radius 3 is 2.17 bits per heavy atom. The summed E-state index contributed by atoms with van der Waals surface area (Å²) in [6.45, 7) is 6.78. The van der Waals surface area contributed by atoms with Crippen LogP contribution in [-0.4, -0.2) is 34.8 Å². The number of aryl methyl sites for hydroxylation is 2. The second kappa shape index (κ2) is 5.50. The van der Waals surface area contributed by atoms with Crippen molar-refractivity contribution in [3.05, 3.63) is 28.8 Å². The molecule has 18 heavy (non-hydrogen) atoms. The third-order valence-electron chi connectivity index (χ3n) is 2.62. The predicted octanol–water partition coefficient (Wildman–Crippen LogP) is 1.63. The molecule has 0 saturated carbocycles. The van der Waals surface area contributed by atoms with Gasteiger partial charge in [0.15, 0.2) is 5.78 Å². The molecule has 0 unspecified atom stereocenters. The van der Waals surface area contributed by atoms with E-state index in [-0.39, 0.29) is 19.0 Å². The summed E-state index contributed by atoms with van der Waals surface area (Å²) in [5.74, 6) is 0.360. The summed E-state index contributed by atoms with van der Waals surface area (Å²) in [5.41, 5.74) is 0.716. The number of benzene rings is 1. The lowest BCUT2D eigenvalue weighted by molar-refractivity contribution is 0.0487. The van der Waals surface area contributed by atoms with Gasteiger partial charge in [0.25, 0.3) is 0 Å². The van der Waals surface area contributed by atoms with E-state index in [0.717, 1.165) is 11.1 Å². The largest absolute Gasteiger partial charge is 0.491 e. The Bertz CT molecular complexity index is 421. The maximum Gasteiger partial charge on any atom is 0.193 e. The summed E-state index contributed by atoms with van der Waals surface area (Å²) in [5, 5.41) is 18.5. The highest BCUT2D eigenvalue weighted by molar-refractivity contribution is 6.02. The maximum absolute atomic E-state index is 12.0. The smallest absolute Gasteiger partial charge is 0.193 e. The van der Waals surface area contributed by atoms with Crippen molar-refractivity contribution >= 4 is 5.78 Å². The highest BCUT2D eigenvalue weighted by Gasteiger charge is 2.26. The lowest BCUT2D eigenvalue weighted by atomic mass is 9.94. The van der Waals surface area contributed by atoms with Crippen molar-refractivity contribution in [3.8, 4) is 5.75 Å². The molecule has 0 aliphatic carbocycles.